The van der Waals surface area contributed by atoms with Gasteiger partial charge in [-0.3, -0.25) is 9.59 Å². The molecule has 6 nitrogen and oxygen atoms in total. The Labute approximate surface area is 190 Å². The van der Waals surface area contributed by atoms with Crippen molar-refractivity contribution in [1.29, 1.82) is 0 Å². The van der Waals surface area contributed by atoms with E-state index >= 15 is 0 Å². The molecule has 0 atom stereocenters. The van der Waals surface area contributed by atoms with Gasteiger partial charge in [-0.25, -0.2) is 0 Å². The van der Waals surface area contributed by atoms with Crippen LogP contribution in [0.3, 0.4) is 0 Å². The van der Waals surface area contributed by atoms with Crippen LogP contribution in [-0.4, -0.2) is 25.0 Å². The molecule has 0 bridgehead atoms. The van der Waals surface area contributed by atoms with E-state index in [1.54, 1.807) is 66.7 Å². The quantitative estimate of drug-likeness (QED) is 0.456. The van der Waals surface area contributed by atoms with Gasteiger partial charge in [0.25, 0.3) is 11.8 Å². The molecule has 0 aliphatic carbocycles. The van der Waals surface area contributed by atoms with E-state index in [-0.39, 0.29) is 18.4 Å². The number of hydrogen-bond acceptors (Lipinski definition) is 4. The molecule has 8 heteroatoms. The monoisotopic (exact) mass is 458 g/mol. The molecule has 0 aromatic heterocycles. The van der Waals surface area contributed by atoms with Crippen molar-refractivity contribution in [2.75, 3.05) is 23.8 Å². The molecule has 31 heavy (non-hydrogen) atoms. The second kappa shape index (κ2) is 10.7. The molecule has 3 aromatic rings. The molecular formula is C23H20Cl2N2O4. The van der Waals surface area contributed by atoms with E-state index in [4.69, 9.17) is 32.7 Å². The molecule has 0 radical (unpaired) electrons. The molecule has 0 fully saturated rings. The molecule has 3 aromatic carbocycles. The first-order valence-corrected chi connectivity index (χ1v) is 10.2. The maximum absolute atomic E-state index is 12.4. The smallest absolute Gasteiger partial charge is 0.262 e. The van der Waals surface area contributed by atoms with Gasteiger partial charge in [0.2, 0.25) is 0 Å². The first kappa shape index (κ1) is 22.5. The van der Waals surface area contributed by atoms with Crippen LogP contribution in [0.1, 0.15) is 17.3 Å². The number of benzene rings is 3. The summed E-state index contributed by atoms with van der Waals surface area (Å²) < 4.78 is 10.8. The third kappa shape index (κ3) is 6.64. The Morgan fingerprint density at radius 3 is 2.16 bits per heavy atom. The summed E-state index contributed by atoms with van der Waals surface area (Å²) in [4.78, 5) is 24.5. The van der Waals surface area contributed by atoms with Gasteiger partial charge in [-0.15, -0.1) is 0 Å². The summed E-state index contributed by atoms with van der Waals surface area (Å²) in [5.74, 6) is 0.545. The maximum atomic E-state index is 12.4. The van der Waals surface area contributed by atoms with Crippen molar-refractivity contribution >= 4 is 46.4 Å². The number of carbonyl (C=O) groups excluding carboxylic acids is 2. The van der Waals surface area contributed by atoms with Crippen LogP contribution < -0.4 is 20.1 Å². The Morgan fingerprint density at radius 1 is 0.839 bits per heavy atom. The predicted molar refractivity (Wildman–Crippen MR) is 123 cm³/mol. The van der Waals surface area contributed by atoms with Crippen molar-refractivity contribution in [1.82, 2.24) is 0 Å². The predicted octanol–water partition coefficient (Wildman–Crippen LogP) is 5.66. The Kier molecular flexibility index (Phi) is 7.76. The summed E-state index contributed by atoms with van der Waals surface area (Å²) in [5.41, 5.74) is 1.47. The lowest BCUT2D eigenvalue weighted by Crippen LogP contribution is -2.20. The third-order valence-corrected chi connectivity index (χ3v) is 4.68. The summed E-state index contributed by atoms with van der Waals surface area (Å²) in [6.45, 7) is 2.31. The third-order valence-electron chi connectivity index (χ3n) is 4.11. The van der Waals surface area contributed by atoms with Crippen LogP contribution >= 0.6 is 23.2 Å². The highest BCUT2D eigenvalue weighted by atomic mass is 35.5. The zero-order valence-electron chi connectivity index (χ0n) is 16.7. The second-order valence-corrected chi connectivity index (χ2v) is 7.24. The molecule has 0 aliphatic heterocycles. The Hall–Kier alpha value is -3.22. The van der Waals surface area contributed by atoms with Crippen LogP contribution in [0.15, 0.2) is 66.7 Å². The second-order valence-electron chi connectivity index (χ2n) is 6.40. The van der Waals surface area contributed by atoms with Gasteiger partial charge in [-0.2, -0.15) is 0 Å². The number of halogens is 2. The topological polar surface area (TPSA) is 76.7 Å². The molecule has 2 N–H and O–H groups in total. The molecule has 0 saturated heterocycles. The van der Waals surface area contributed by atoms with Crippen LogP contribution in [0, 0.1) is 0 Å². The molecule has 160 valence electrons. The molecule has 0 spiro atoms. The van der Waals surface area contributed by atoms with Gasteiger partial charge in [0.15, 0.2) is 6.61 Å². The largest absolute Gasteiger partial charge is 0.494 e. The average molecular weight is 459 g/mol. The van der Waals surface area contributed by atoms with E-state index in [0.717, 1.165) is 5.75 Å². The lowest BCUT2D eigenvalue weighted by Gasteiger charge is -2.10. The van der Waals surface area contributed by atoms with Crippen LogP contribution in [0.25, 0.3) is 0 Å². The summed E-state index contributed by atoms with van der Waals surface area (Å²) in [6.07, 6.45) is 0. The van der Waals surface area contributed by atoms with Crippen molar-refractivity contribution in [3.8, 4) is 11.5 Å². The minimum atomic E-state index is -0.344. The lowest BCUT2D eigenvalue weighted by molar-refractivity contribution is -0.118. The van der Waals surface area contributed by atoms with Gasteiger partial charge in [-0.05, 0) is 73.7 Å². The van der Waals surface area contributed by atoms with Crippen LogP contribution in [0.2, 0.25) is 10.0 Å². The van der Waals surface area contributed by atoms with Crippen LogP contribution in [-0.2, 0) is 4.79 Å². The van der Waals surface area contributed by atoms with E-state index in [1.807, 2.05) is 6.92 Å². The SMILES string of the molecule is CCOc1ccc(NC(=O)COc2ccc(C(=O)Nc3cc(Cl)ccc3Cl)cc2)cc1. The molecule has 0 saturated carbocycles. The highest BCUT2D eigenvalue weighted by Crippen LogP contribution is 2.26. The van der Waals surface area contributed by atoms with Crippen molar-refractivity contribution in [3.05, 3.63) is 82.3 Å². The fourth-order valence-electron chi connectivity index (χ4n) is 2.64. The van der Waals surface area contributed by atoms with Gasteiger partial charge in [-0.1, -0.05) is 23.2 Å². The van der Waals surface area contributed by atoms with Gasteiger partial charge in [0.05, 0.1) is 17.3 Å². The van der Waals surface area contributed by atoms with E-state index in [2.05, 4.69) is 10.6 Å². The maximum Gasteiger partial charge on any atom is 0.262 e. The molecular weight excluding hydrogens is 439 g/mol. The number of ether oxygens (including phenoxy) is 2. The molecule has 3 rings (SSSR count). The van der Waals surface area contributed by atoms with Gasteiger partial charge < -0.3 is 20.1 Å². The first-order valence-electron chi connectivity index (χ1n) is 9.46. The van der Waals surface area contributed by atoms with E-state index < -0.39 is 0 Å². The zero-order chi connectivity index (χ0) is 22.2. The van der Waals surface area contributed by atoms with Gasteiger partial charge in [0, 0.05) is 16.3 Å². The van der Waals surface area contributed by atoms with Gasteiger partial charge in [0.1, 0.15) is 11.5 Å². The fraction of sp³-hybridized carbons (Fsp3) is 0.130. The number of rotatable bonds is 8. The molecule has 0 heterocycles. The highest BCUT2D eigenvalue weighted by molar-refractivity contribution is 6.35. The Bertz CT molecular complexity index is 1050. The highest BCUT2D eigenvalue weighted by Gasteiger charge is 2.10. The number of hydrogen-bond donors (Lipinski definition) is 2. The van der Waals surface area contributed by atoms with Crippen molar-refractivity contribution in [2.24, 2.45) is 0 Å². The van der Waals surface area contributed by atoms with Crippen molar-refractivity contribution in [2.45, 2.75) is 6.92 Å². The average Bonchev–Trinajstić information content (AvgIpc) is 2.77. The van der Waals surface area contributed by atoms with Gasteiger partial charge >= 0.3 is 0 Å². The molecule has 0 unspecified atom stereocenters. The summed E-state index contributed by atoms with van der Waals surface area (Å²) >= 11 is 12.0. The zero-order valence-corrected chi connectivity index (χ0v) is 18.2. The minimum Gasteiger partial charge on any atom is -0.494 e. The minimum absolute atomic E-state index is 0.170. The summed E-state index contributed by atoms with van der Waals surface area (Å²) in [6, 6.07) is 18.3. The Morgan fingerprint density at radius 2 is 1.48 bits per heavy atom. The fourth-order valence-corrected chi connectivity index (χ4v) is 2.97. The molecule has 0 aliphatic rings. The van der Waals surface area contributed by atoms with E-state index in [9.17, 15) is 9.59 Å². The van der Waals surface area contributed by atoms with Crippen LogP contribution in [0.5, 0.6) is 11.5 Å². The number of amides is 2. The number of anilines is 2. The normalized spacial score (nSPS) is 10.3. The van der Waals surface area contributed by atoms with Crippen molar-refractivity contribution < 1.29 is 19.1 Å². The first-order chi connectivity index (χ1) is 14.9. The van der Waals surface area contributed by atoms with E-state index in [1.165, 1.54) is 0 Å². The standard InChI is InChI=1S/C23H20Cl2N2O4/c1-2-30-18-10-6-17(7-11-18)26-22(28)14-31-19-8-3-15(4-9-19)23(29)27-21-13-16(24)5-12-20(21)25/h3-13H,2,14H2,1H3,(H,26,28)(H,27,29). The van der Waals surface area contributed by atoms with E-state index in [0.29, 0.717) is 39.3 Å². The Balaban J connectivity index is 1.51. The molecule has 2 amide bonds. The van der Waals surface area contributed by atoms with Crippen molar-refractivity contribution in [3.63, 3.8) is 0 Å². The number of carbonyl (C=O) groups is 2. The van der Waals surface area contributed by atoms with Crippen LogP contribution in [0.4, 0.5) is 11.4 Å². The number of nitrogens with one attached hydrogen (secondary N) is 2. The summed E-state index contributed by atoms with van der Waals surface area (Å²) in [5, 5.41) is 6.30. The summed E-state index contributed by atoms with van der Waals surface area (Å²) in [7, 11) is 0. The lowest BCUT2D eigenvalue weighted by atomic mass is 10.2.